The molecule has 0 amide bonds. The van der Waals surface area contributed by atoms with E-state index in [0.29, 0.717) is 5.41 Å². The van der Waals surface area contributed by atoms with E-state index in [9.17, 15) is 5.11 Å². The fourth-order valence-electron chi connectivity index (χ4n) is 3.03. The molecule has 0 spiro atoms. The number of hydrogen-bond acceptors (Lipinski definition) is 1. The van der Waals surface area contributed by atoms with Gasteiger partial charge in [-0.05, 0) is 36.5 Å². The van der Waals surface area contributed by atoms with Crippen molar-refractivity contribution in [1.82, 2.24) is 0 Å². The van der Waals surface area contributed by atoms with Gasteiger partial charge in [-0.1, -0.05) is 20.8 Å². The lowest BCUT2D eigenvalue weighted by atomic mass is 9.70. The van der Waals surface area contributed by atoms with E-state index < -0.39 is 0 Å². The van der Waals surface area contributed by atoms with Crippen LogP contribution >= 0.6 is 0 Å². The lowest BCUT2D eigenvalue weighted by Crippen LogP contribution is -2.39. The molecule has 0 aliphatic heterocycles. The molecule has 2 aliphatic carbocycles. The van der Waals surface area contributed by atoms with Crippen LogP contribution in [0.25, 0.3) is 0 Å². The van der Waals surface area contributed by atoms with E-state index in [4.69, 9.17) is 0 Å². The third-order valence-electron chi connectivity index (χ3n) is 4.85. The maximum Gasteiger partial charge on any atom is 0.0704 e. The minimum atomic E-state index is -0.332. The van der Waals surface area contributed by atoms with Gasteiger partial charge >= 0.3 is 0 Å². The van der Waals surface area contributed by atoms with E-state index in [0.717, 1.165) is 12.8 Å². The Morgan fingerprint density at radius 3 is 1.45 bits per heavy atom. The molecular formula is C10H18O. The Morgan fingerprint density at radius 1 is 0.909 bits per heavy atom. The van der Waals surface area contributed by atoms with Crippen LogP contribution in [0, 0.1) is 10.8 Å². The maximum absolute atomic E-state index is 10.2. The van der Waals surface area contributed by atoms with Crippen LogP contribution in [-0.2, 0) is 0 Å². The molecule has 2 fully saturated rings. The second-order valence-electron chi connectivity index (χ2n) is 5.22. The molecule has 0 aromatic carbocycles. The molecule has 0 radical (unpaired) electrons. The molecule has 64 valence electrons. The summed E-state index contributed by atoms with van der Waals surface area (Å²) in [5, 5.41) is 10.2. The number of hydrogen-bond donors (Lipinski definition) is 1. The Hall–Kier alpha value is -0.0400. The highest BCUT2D eigenvalue weighted by Gasteiger charge is 2.64. The van der Waals surface area contributed by atoms with E-state index in [1.165, 1.54) is 12.8 Å². The van der Waals surface area contributed by atoms with Gasteiger partial charge in [0, 0.05) is 0 Å². The summed E-state index contributed by atoms with van der Waals surface area (Å²) < 4.78 is 0. The zero-order valence-corrected chi connectivity index (χ0v) is 7.78. The van der Waals surface area contributed by atoms with Crippen molar-refractivity contribution in [2.75, 3.05) is 0 Å². The van der Waals surface area contributed by atoms with E-state index >= 15 is 0 Å². The monoisotopic (exact) mass is 154 g/mol. The van der Waals surface area contributed by atoms with Crippen LogP contribution in [-0.4, -0.2) is 10.7 Å². The normalized spacial score (nSPS) is 53.5. The number of fused-ring (bicyclic) bond motifs is 2. The second-order valence-corrected chi connectivity index (χ2v) is 5.22. The summed E-state index contributed by atoms with van der Waals surface area (Å²) in [4.78, 5) is 0. The minimum absolute atomic E-state index is 0.153. The zero-order chi connectivity index (χ0) is 8.33. The van der Waals surface area contributed by atoms with Gasteiger partial charge in [0.2, 0.25) is 0 Å². The average molecular weight is 154 g/mol. The molecule has 2 aliphatic rings. The average Bonchev–Trinajstić information content (AvgIpc) is 2.19. The molecule has 2 saturated carbocycles. The summed E-state index contributed by atoms with van der Waals surface area (Å²) in [6, 6.07) is 0. The van der Waals surface area contributed by atoms with Gasteiger partial charge in [0.05, 0.1) is 5.60 Å². The molecule has 2 bridgehead atoms. The standard InChI is InChI=1S/C10H18O/c1-8(2)9(3)4-6-10(8,11)7-5-9/h11H,4-7H2,1-3H3. The summed E-state index contributed by atoms with van der Waals surface area (Å²) in [6.07, 6.45) is 4.49. The van der Waals surface area contributed by atoms with E-state index in [1.807, 2.05) is 0 Å². The van der Waals surface area contributed by atoms with Crippen molar-refractivity contribution >= 4 is 0 Å². The highest BCUT2D eigenvalue weighted by molar-refractivity contribution is 5.15. The number of rotatable bonds is 0. The van der Waals surface area contributed by atoms with Crippen LogP contribution < -0.4 is 0 Å². The lowest BCUT2D eigenvalue weighted by molar-refractivity contribution is -0.0395. The van der Waals surface area contributed by atoms with Crippen LogP contribution in [0.3, 0.4) is 0 Å². The van der Waals surface area contributed by atoms with Crippen molar-refractivity contribution in [1.29, 1.82) is 0 Å². The highest BCUT2D eigenvalue weighted by atomic mass is 16.3. The van der Waals surface area contributed by atoms with Gasteiger partial charge in [0.15, 0.2) is 0 Å². The van der Waals surface area contributed by atoms with Crippen LogP contribution in [0.1, 0.15) is 46.5 Å². The van der Waals surface area contributed by atoms with E-state index in [1.54, 1.807) is 0 Å². The molecule has 0 unspecified atom stereocenters. The van der Waals surface area contributed by atoms with Crippen molar-refractivity contribution in [3.63, 3.8) is 0 Å². The Kier molecular flexibility index (Phi) is 1.15. The molecule has 11 heavy (non-hydrogen) atoms. The van der Waals surface area contributed by atoms with Crippen LogP contribution in [0.15, 0.2) is 0 Å². The van der Waals surface area contributed by atoms with E-state index in [-0.39, 0.29) is 11.0 Å². The van der Waals surface area contributed by atoms with Crippen LogP contribution in [0.4, 0.5) is 0 Å². The first-order valence-corrected chi connectivity index (χ1v) is 4.64. The fraction of sp³-hybridized carbons (Fsp3) is 1.00. The third-order valence-corrected chi connectivity index (χ3v) is 4.85. The van der Waals surface area contributed by atoms with E-state index in [2.05, 4.69) is 20.8 Å². The molecule has 2 rings (SSSR count). The Morgan fingerprint density at radius 2 is 1.36 bits per heavy atom. The Balaban J connectivity index is 2.46. The first kappa shape index (κ1) is 7.60. The summed E-state index contributed by atoms with van der Waals surface area (Å²) in [6.45, 7) is 6.79. The molecule has 0 aromatic heterocycles. The van der Waals surface area contributed by atoms with Gasteiger partial charge in [-0.25, -0.2) is 0 Å². The van der Waals surface area contributed by atoms with Gasteiger partial charge in [-0.3, -0.25) is 0 Å². The highest BCUT2D eigenvalue weighted by Crippen LogP contribution is 2.67. The predicted molar refractivity (Wildman–Crippen MR) is 45.3 cm³/mol. The molecular weight excluding hydrogens is 136 g/mol. The molecule has 0 saturated heterocycles. The Labute approximate surface area is 68.8 Å². The molecule has 1 heteroatoms. The smallest absolute Gasteiger partial charge is 0.0704 e. The SMILES string of the molecule is CC12CCC(O)(CC1)C2(C)C. The number of aliphatic hydroxyl groups is 1. The maximum atomic E-state index is 10.2. The molecule has 1 nitrogen and oxygen atoms in total. The van der Waals surface area contributed by atoms with Gasteiger partial charge < -0.3 is 5.11 Å². The molecule has 0 heterocycles. The van der Waals surface area contributed by atoms with Gasteiger partial charge in [-0.15, -0.1) is 0 Å². The summed E-state index contributed by atoms with van der Waals surface area (Å²) in [7, 11) is 0. The lowest BCUT2D eigenvalue weighted by Gasteiger charge is -2.37. The van der Waals surface area contributed by atoms with Gasteiger partial charge in [0.1, 0.15) is 0 Å². The first-order chi connectivity index (χ1) is 4.91. The van der Waals surface area contributed by atoms with Crippen LogP contribution in [0.2, 0.25) is 0 Å². The summed E-state index contributed by atoms with van der Waals surface area (Å²) in [5.41, 5.74) is 0.240. The fourth-order valence-corrected chi connectivity index (χ4v) is 3.03. The molecule has 0 atom stereocenters. The van der Waals surface area contributed by atoms with Crippen molar-refractivity contribution in [2.24, 2.45) is 10.8 Å². The van der Waals surface area contributed by atoms with Crippen molar-refractivity contribution in [2.45, 2.75) is 52.1 Å². The molecule has 0 aromatic rings. The summed E-state index contributed by atoms with van der Waals surface area (Å²) in [5.74, 6) is 0. The summed E-state index contributed by atoms with van der Waals surface area (Å²) >= 11 is 0. The van der Waals surface area contributed by atoms with Crippen molar-refractivity contribution in [3.05, 3.63) is 0 Å². The third kappa shape index (κ3) is 0.618. The first-order valence-electron chi connectivity index (χ1n) is 4.64. The minimum Gasteiger partial charge on any atom is -0.389 e. The predicted octanol–water partition coefficient (Wildman–Crippen LogP) is 2.34. The topological polar surface area (TPSA) is 20.2 Å². The second kappa shape index (κ2) is 1.66. The molecule has 1 N–H and O–H groups in total. The Bertz CT molecular complexity index is 165. The van der Waals surface area contributed by atoms with Crippen molar-refractivity contribution < 1.29 is 5.11 Å². The quantitative estimate of drug-likeness (QED) is 0.568. The largest absolute Gasteiger partial charge is 0.389 e. The van der Waals surface area contributed by atoms with Crippen molar-refractivity contribution in [3.8, 4) is 0 Å². The van der Waals surface area contributed by atoms with Gasteiger partial charge in [-0.2, -0.15) is 0 Å². The van der Waals surface area contributed by atoms with Gasteiger partial charge in [0.25, 0.3) is 0 Å². The van der Waals surface area contributed by atoms with Crippen LogP contribution in [0.5, 0.6) is 0 Å². The zero-order valence-electron chi connectivity index (χ0n) is 7.78.